The normalized spacial score (nSPS) is 14.5. The molecule has 0 saturated heterocycles. The third-order valence-corrected chi connectivity index (χ3v) is 6.02. The molecule has 182 valence electrons. The van der Waals surface area contributed by atoms with Crippen LogP contribution in [0, 0.1) is 18.8 Å². The Hall–Kier alpha value is -4.29. The maximum atomic E-state index is 12.7. The van der Waals surface area contributed by atoms with Crippen LogP contribution in [0.4, 0.5) is 0 Å². The predicted octanol–water partition coefficient (Wildman–Crippen LogP) is 7.93. The molecule has 1 aromatic heterocycles. The zero-order valence-electron chi connectivity index (χ0n) is 20.8. The van der Waals surface area contributed by atoms with E-state index in [4.69, 9.17) is 4.74 Å². The SMILES string of the molecule is C#C.C=CCCC(=O)OC(C1=CC(C)Cc2ccccc21)c1cccc2ccccc12.c1cc[nH]c1. The third kappa shape index (κ3) is 6.64. The standard InChI is InChI=1S/C27H26O2.C4H5N.C2H2/c1-3-4-16-26(28)29-27(24-15-9-12-20-10-5-7-13-22(20)24)25-18-19(2)17-21-11-6-8-14-23(21)25;1-2-4-5-3-1;1-2/h3,5-15,18-19,27H,1,4,16-17H2,2H3;1-5H;1-2H. The molecule has 3 nitrogen and oxygen atoms in total. The minimum atomic E-state index is -0.428. The highest BCUT2D eigenvalue weighted by Gasteiger charge is 2.28. The van der Waals surface area contributed by atoms with E-state index in [1.807, 2.05) is 42.7 Å². The highest BCUT2D eigenvalue weighted by atomic mass is 16.5. The van der Waals surface area contributed by atoms with Crippen molar-refractivity contribution in [2.75, 3.05) is 0 Å². The van der Waals surface area contributed by atoms with Gasteiger partial charge in [0.25, 0.3) is 0 Å². The third-order valence-electron chi connectivity index (χ3n) is 6.02. The highest BCUT2D eigenvalue weighted by molar-refractivity contribution is 5.89. The van der Waals surface area contributed by atoms with E-state index in [9.17, 15) is 4.79 Å². The van der Waals surface area contributed by atoms with Crippen molar-refractivity contribution in [1.82, 2.24) is 4.98 Å². The predicted molar refractivity (Wildman–Crippen MR) is 150 cm³/mol. The average Bonchev–Trinajstić information content (AvgIpc) is 3.51. The fraction of sp³-hybridized carbons (Fsp3) is 0.182. The van der Waals surface area contributed by atoms with Gasteiger partial charge < -0.3 is 9.72 Å². The molecule has 3 aromatic carbocycles. The van der Waals surface area contributed by atoms with E-state index in [1.165, 1.54) is 11.1 Å². The lowest BCUT2D eigenvalue weighted by Crippen LogP contribution is -2.17. The summed E-state index contributed by atoms with van der Waals surface area (Å²) in [6, 6.07) is 26.8. The smallest absolute Gasteiger partial charge is 0.307 e. The molecule has 1 aliphatic rings. The van der Waals surface area contributed by atoms with Gasteiger partial charge in [0.15, 0.2) is 6.10 Å². The fourth-order valence-electron chi connectivity index (χ4n) is 4.47. The first kappa shape index (κ1) is 26.3. The van der Waals surface area contributed by atoms with Gasteiger partial charge in [-0.25, -0.2) is 0 Å². The molecule has 2 atom stereocenters. The van der Waals surface area contributed by atoms with Crippen LogP contribution in [0.2, 0.25) is 0 Å². The van der Waals surface area contributed by atoms with E-state index in [2.05, 4.69) is 85.9 Å². The lowest BCUT2D eigenvalue weighted by molar-refractivity contribution is -0.146. The Morgan fingerprint density at radius 1 is 1.03 bits per heavy atom. The molecule has 0 amide bonds. The molecule has 1 N–H and O–H groups in total. The number of aromatic amines is 1. The van der Waals surface area contributed by atoms with E-state index in [0.717, 1.165) is 28.3 Å². The summed E-state index contributed by atoms with van der Waals surface area (Å²) in [5.41, 5.74) is 4.61. The van der Waals surface area contributed by atoms with Crippen LogP contribution < -0.4 is 0 Å². The summed E-state index contributed by atoms with van der Waals surface area (Å²) in [5.74, 6) is 0.198. The van der Waals surface area contributed by atoms with Crippen molar-refractivity contribution in [3.63, 3.8) is 0 Å². The van der Waals surface area contributed by atoms with Crippen molar-refractivity contribution in [1.29, 1.82) is 0 Å². The summed E-state index contributed by atoms with van der Waals surface area (Å²) < 4.78 is 6.14. The van der Waals surface area contributed by atoms with Gasteiger partial charge in [-0.15, -0.1) is 19.4 Å². The second-order valence-corrected chi connectivity index (χ2v) is 8.61. The quantitative estimate of drug-likeness (QED) is 0.175. The molecule has 0 saturated carbocycles. The Bertz CT molecular complexity index is 1290. The number of hydrogen-bond acceptors (Lipinski definition) is 2. The molecule has 0 spiro atoms. The summed E-state index contributed by atoms with van der Waals surface area (Å²) in [7, 11) is 0. The number of aromatic nitrogens is 1. The lowest BCUT2D eigenvalue weighted by Gasteiger charge is -2.29. The van der Waals surface area contributed by atoms with E-state index < -0.39 is 6.10 Å². The van der Waals surface area contributed by atoms with Crippen LogP contribution in [0.1, 0.15) is 42.6 Å². The van der Waals surface area contributed by atoms with E-state index in [0.29, 0.717) is 18.8 Å². The van der Waals surface area contributed by atoms with Crippen LogP contribution in [0.15, 0.2) is 110 Å². The van der Waals surface area contributed by atoms with Crippen LogP contribution in [0.5, 0.6) is 0 Å². The zero-order valence-corrected chi connectivity index (χ0v) is 20.8. The molecule has 3 heteroatoms. The van der Waals surface area contributed by atoms with Gasteiger partial charge in [0.2, 0.25) is 0 Å². The van der Waals surface area contributed by atoms with Crippen LogP contribution in [-0.4, -0.2) is 11.0 Å². The van der Waals surface area contributed by atoms with Crippen LogP contribution >= 0.6 is 0 Å². The Morgan fingerprint density at radius 3 is 2.44 bits per heavy atom. The molecular weight excluding hydrogens is 442 g/mol. The highest BCUT2D eigenvalue weighted by Crippen LogP contribution is 2.42. The number of allylic oxidation sites excluding steroid dienone is 2. The molecule has 4 aromatic rings. The van der Waals surface area contributed by atoms with Gasteiger partial charge >= 0.3 is 5.97 Å². The number of ether oxygens (including phenoxy) is 1. The first-order valence-corrected chi connectivity index (χ1v) is 12.2. The van der Waals surface area contributed by atoms with Gasteiger partial charge in [0.05, 0.1) is 0 Å². The molecule has 0 bridgehead atoms. The van der Waals surface area contributed by atoms with Gasteiger partial charge in [0.1, 0.15) is 0 Å². The maximum Gasteiger partial charge on any atom is 0.307 e. The van der Waals surface area contributed by atoms with Gasteiger partial charge in [-0.3, -0.25) is 4.79 Å². The van der Waals surface area contributed by atoms with Gasteiger partial charge in [-0.05, 0) is 52.8 Å². The van der Waals surface area contributed by atoms with Crippen LogP contribution in [0.3, 0.4) is 0 Å². The lowest BCUT2D eigenvalue weighted by atomic mass is 9.81. The second kappa shape index (κ2) is 13.6. The average molecular weight is 476 g/mol. The molecule has 1 heterocycles. The van der Waals surface area contributed by atoms with Gasteiger partial charge in [-0.2, -0.15) is 0 Å². The molecule has 5 rings (SSSR count). The number of carbonyl (C=O) groups excluding carboxylic acids is 1. The van der Waals surface area contributed by atoms with Gasteiger partial charge in [0, 0.05) is 30.0 Å². The Kier molecular flexibility index (Phi) is 9.91. The Morgan fingerprint density at radius 2 is 1.72 bits per heavy atom. The number of esters is 1. The number of terminal acetylenes is 1. The largest absolute Gasteiger partial charge is 0.452 e. The Balaban J connectivity index is 0.000000452. The Labute approximate surface area is 214 Å². The summed E-state index contributed by atoms with van der Waals surface area (Å²) in [4.78, 5) is 15.5. The van der Waals surface area contributed by atoms with Crippen LogP contribution in [-0.2, 0) is 16.0 Å². The van der Waals surface area contributed by atoms with E-state index >= 15 is 0 Å². The van der Waals surface area contributed by atoms with Crippen molar-refractivity contribution < 1.29 is 9.53 Å². The summed E-state index contributed by atoms with van der Waals surface area (Å²) in [5, 5.41) is 2.27. The minimum Gasteiger partial charge on any atom is -0.452 e. The molecule has 1 aliphatic carbocycles. The van der Waals surface area contributed by atoms with Crippen molar-refractivity contribution >= 4 is 22.3 Å². The van der Waals surface area contributed by atoms with Crippen molar-refractivity contribution in [2.24, 2.45) is 5.92 Å². The number of rotatable bonds is 6. The zero-order chi connectivity index (χ0) is 25.8. The van der Waals surface area contributed by atoms with E-state index in [1.54, 1.807) is 6.08 Å². The first-order chi connectivity index (χ1) is 17.7. The van der Waals surface area contributed by atoms with Crippen molar-refractivity contribution in [2.45, 2.75) is 32.3 Å². The molecule has 0 aliphatic heterocycles. The molecule has 2 unspecified atom stereocenters. The van der Waals surface area contributed by atoms with Crippen molar-refractivity contribution in [3.05, 3.63) is 127 Å². The topological polar surface area (TPSA) is 42.1 Å². The molecule has 0 radical (unpaired) electrons. The molecule has 36 heavy (non-hydrogen) atoms. The number of carbonyl (C=O) groups is 1. The van der Waals surface area contributed by atoms with Gasteiger partial charge in [-0.1, -0.05) is 85.8 Å². The number of fused-ring (bicyclic) bond motifs is 2. The molecule has 0 fully saturated rings. The number of hydrogen-bond donors (Lipinski definition) is 1. The second-order valence-electron chi connectivity index (χ2n) is 8.61. The number of benzene rings is 3. The fourth-order valence-corrected chi connectivity index (χ4v) is 4.47. The number of nitrogens with one attached hydrogen (secondary N) is 1. The minimum absolute atomic E-state index is 0.195. The summed E-state index contributed by atoms with van der Waals surface area (Å²) >= 11 is 0. The molecular formula is C33H33NO2. The summed E-state index contributed by atoms with van der Waals surface area (Å²) in [6.45, 7) is 5.94. The maximum absolute atomic E-state index is 12.7. The monoisotopic (exact) mass is 475 g/mol. The van der Waals surface area contributed by atoms with Crippen LogP contribution in [0.25, 0.3) is 16.3 Å². The number of H-pyrrole nitrogens is 1. The van der Waals surface area contributed by atoms with E-state index in [-0.39, 0.29) is 5.97 Å². The first-order valence-electron chi connectivity index (χ1n) is 12.2. The van der Waals surface area contributed by atoms with Crippen molar-refractivity contribution in [3.8, 4) is 12.8 Å². The summed E-state index contributed by atoms with van der Waals surface area (Å²) in [6.07, 6.45) is 17.3.